The second-order valence-corrected chi connectivity index (χ2v) is 6.11. The molecular formula is C17H28N2. The topological polar surface area (TPSA) is 15.3 Å². The van der Waals surface area contributed by atoms with Crippen LogP contribution in [0.25, 0.3) is 0 Å². The first-order chi connectivity index (χ1) is 9.08. The Kier molecular flexibility index (Phi) is 4.64. The van der Waals surface area contributed by atoms with Crippen molar-refractivity contribution in [2.45, 2.75) is 58.7 Å². The molecular weight excluding hydrogens is 232 g/mol. The van der Waals surface area contributed by atoms with Crippen LogP contribution in [0.4, 0.5) is 0 Å². The van der Waals surface area contributed by atoms with Crippen molar-refractivity contribution in [1.82, 2.24) is 10.2 Å². The van der Waals surface area contributed by atoms with E-state index in [4.69, 9.17) is 0 Å². The Morgan fingerprint density at radius 2 is 1.84 bits per heavy atom. The Balaban J connectivity index is 2.07. The van der Waals surface area contributed by atoms with Crippen LogP contribution >= 0.6 is 0 Å². The minimum atomic E-state index is 0.317. The van der Waals surface area contributed by atoms with E-state index in [0.717, 1.165) is 19.6 Å². The number of hydrogen-bond donors (Lipinski definition) is 1. The van der Waals surface area contributed by atoms with Gasteiger partial charge in [0.25, 0.3) is 0 Å². The van der Waals surface area contributed by atoms with Gasteiger partial charge in [0.1, 0.15) is 0 Å². The summed E-state index contributed by atoms with van der Waals surface area (Å²) in [7, 11) is 0. The lowest BCUT2D eigenvalue weighted by Crippen LogP contribution is -2.62. The smallest absolute Gasteiger partial charge is 0.0304 e. The Labute approximate surface area is 118 Å². The fourth-order valence-electron chi connectivity index (χ4n) is 2.96. The predicted molar refractivity (Wildman–Crippen MR) is 82.4 cm³/mol. The Morgan fingerprint density at radius 1 is 1.21 bits per heavy atom. The number of nitrogens with one attached hydrogen (secondary N) is 1. The van der Waals surface area contributed by atoms with Crippen LogP contribution in [0.3, 0.4) is 0 Å². The molecule has 1 N–H and O–H groups in total. The number of rotatable bonds is 4. The molecule has 1 aromatic rings. The van der Waals surface area contributed by atoms with Crippen molar-refractivity contribution in [2.75, 3.05) is 13.1 Å². The normalized spacial score (nSPS) is 23.5. The first-order valence-electron chi connectivity index (χ1n) is 7.63. The second kappa shape index (κ2) is 6.06. The predicted octanol–water partition coefficient (Wildman–Crippen LogP) is 3.35. The molecule has 1 aliphatic heterocycles. The molecule has 0 bridgehead atoms. The molecule has 1 aromatic carbocycles. The largest absolute Gasteiger partial charge is 0.308 e. The van der Waals surface area contributed by atoms with Crippen molar-refractivity contribution in [3.63, 3.8) is 0 Å². The first kappa shape index (κ1) is 14.5. The number of piperazine rings is 1. The maximum Gasteiger partial charge on any atom is 0.0304 e. The highest BCUT2D eigenvalue weighted by atomic mass is 15.2. The van der Waals surface area contributed by atoms with Crippen LogP contribution in [0.5, 0.6) is 0 Å². The molecule has 2 rings (SSSR count). The van der Waals surface area contributed by atoms with Crippen LogP contribution < -0.4 is 5.32 Å². The molecule has 19 heavy (non-hydrogen) atoms. The lowest BCUT2D eigenvalue weighted by atomic mass is 9.88. The molecule has 2 heteroatoms. The number of hydrogen-bond acceptors (Lipinski definition) is 2. The number of aryl methyl sites for hydroxylation is 1. The van der Waals surface area contributed by atoms with Crippen LogP contribution in [0.15, 0.2) is 24.3 Å². The lowest BCUT2D eigenvalue weighted by molar-refractivity contribution is 0.0746. The summed E-state index contributed by atoms with van der Waals surface area (Å²) in [5.41, 5.74) is 3.09. The molecule has 1 atom stereocenters. The highest BCUT2D eigenvalue weighted by Gasteiger charge is 2.34. The summed E-state index contributed by atoms with van der Waals surface area (Å²) in [6, 6.07) is 9.59. The standard InChI is InChI=1S/C17H28N2/c1-5-17(6-2)13-19(15(4)11-18-17)12-16-9-7-14(3)8-10-16/h7-10,15,18H,5-6,11-13H2,1-4H3. The highest BCUT2D eigenvalue weighted by molar-refractivity contribution is 5.21. The monoisotopic (exact) mass is 260 g/mol. The molecule has 1 fully saturated rings. The Hall–Kier alpha value is -0.860. The number of nitrogens with zero attached hydrogens (tertiary/aromatic N) is 1. The van der Waals surface area contributed by atoms with Gasteiger partial charge in [-0.1, -0.05) is 43.7 Å². The van der Waals surface area contributed by atoms with Crippen LogP contribution in [0.2, 0.25) is 0 Å². The van der Waals surface area contributed by atoms with E-state index in [9.17, 15) is 0 Å². The van der Waals surface area contributed by atoms with E-state index in [1.807, 2.05) is 0 Å². The van der Waals surface area contributed by atoms with Crippen molar-refractivity contribution >= 4 is 0 Å². The molecule has 0 saturated carbocycles. The zero-order valence-corrected chi connectivity index (χ0v) is 12.9. The summed E-state index contributed by atoms with van der Waals surface area (Å²) >= 11 is 0. The van der Waals surface area contributed by atoms with Gasteiger partial charge < -0.3 is 5.32 Å². The third-order valence-electron chi connectivity index (χ3n) is 4.76. The van der Waals surface area contributed by atoms with Gasteiger partial charge in [-0.15, -0.1) is 0 Å². The lowest BCUT2D eigenvalue weighted by Gasteiger charge is -2.46. The van der Waals surface area contributed by atoms with E-state index in [0.29, 0.717) is 11.6 Å². The van der Waals surface area contributed by atoms with Crippen molar-refractivity contribution in [2.24, 2.45) is 0 Å². The quantitative estimate of drug-likeness (QED) is 0.893. The Bertz CT molecular complexity index is 392. The number of benzene rings is 1. The zero-order chi connectivity index (χ0) is 13.9. The van der Waals surface area contributed by atoms with Crippen molar-refractivity contribution in [3.8, 4) is 0 Å². The average Bonchev–Trinajstić information content (AvgIpc) is 2.44. The van der Waals surface area contributed by atoms with Gasteiger partial charge in [-0.3, -0.25) is 4.90 Å². The molecule has 0 aromatic heterocycles. The molecule has 1 aliphatic rings. The summed E-state index contributed by atoms with van der Waals surface area (Å²) in [6.45, 7) is 12.4. The summed E-state index contributed by atoms with van der Waals surface area (Å²) < 4.78 is 0. The third-order valence-corrected chi connectivity index (χ3v) is 4.76. The fourth-order valence-corrected chi connectivity index (χ4v) is 2.96. The van der Waals surface area contributed by atoms with E-state index in [-0.39, 0.29) is 0 Å². The average molecular weight is 260 g/mol. The Morgan fingerprint density at radius 3 is 2.42 bits per heavy atom. The SMILES string of the molecule is CCC1(CC)CN(Cc2ccc(C)cc2)C(C)CN1. The van der Waals surface area contributed by atoms with Crippen LogP contribution in [-0.4, -0.2) is 29.6 Å². The fraction of sp³-hybridized carbons (Fsp3) is 0.647. The third kappa shape index (κ3) is 3.37. The van der Waals surface area contributed by atoms with Crippen LogP contribution in [0.1, 0.15) is 44.7 Å². The van der Waals surface area contributed by atoms with Gasteiger partial charge in [0.05, 0.1) is 0 Å². The van der Waals surface area contributed by atoms with E-state index in [1.54, 1.807) is 0 Å². The van der Waals surface area contributed by atoms with Gasteiger partial charge in [0.2, 0.25) is 0 Å². The molecule has 1 unspecified atom stereocenters. The maximum absolute atomic E-state index is 3.76. The van der Waals surface area contributed by atoms with Crippen LogP contribution in [0, 0.1) is 6.92 Å². The van der Waals surface area contributed by atoms with E-state index in [2.05, 4.69) is 62.2 Å². The molecule has 1 heterocycles. The summed E-state index contributed by atoms with van der Waals surface area (Å²) in [4.78, 5) is 2.63. The zero-order valence-electron chi connectivity index (χ0n) is 12.9. The molecule has 0 radical (unpaired) electrons. The van der Waals surface area contributed by atoms with E-state index < -0.39 is 0 Å². The minimum absolute atomic E-state index is 0.317. The van der Waals surface area contributed by atoms with Crippen molar-refractivity contribution in [1.29, 1.82) is 0 Å². The molecule has 2 nitrogen and oxygen atoms in total. The first-order valence-corrected chi connectivity index (χ1v) is 7.63. The molecule has 106 valence electrons. The summed E-state index contributed by atoms with van der Waals surface area (Å²) in [5.74, 6) is 0. The second-order valence-electron chi connectivity index (χ2n) is 6.11. The molecule has 1 saturated heterocycles. The van der Waals surface area contributed by atoms with Crippen molar-refractivity contribution < 1.29 is 0 Å². The van der Waals surface area contributed by atoms with Gasteiger partial charge in [0.15, 0.2) is 0 Å². The van der Waals surface area contributed by atoms with Gasteiger partial charge in [-0.25, -0.2) is 0 Å². The van der Waals surface area contributed by atoms with E-state index in [1.165, 1.54) is 24.0 Å². The summed E-state index contributed by atoms with van der Waals surface area (Å²) in [5, 5.41) is 3.76. The van der Waals surface area contributed by atoms with Gasteiger partial charge >= 0.3 is 0 Å². The molecule has 0 aliphatic carbocycles. The van der Waals surface area contributed by atoms with Gasteiger partial charge in [0, 0.05) is 31.2 Å². The van der Waals surface area contributed by atoms with Gasteiger partial charge in [-0.05, 0) is 32.3 Å². The highest BCUT2D eigenvalue weighted by Crippen LogP contribution is 2.24. The van der Waals surface area contributed by atoms with E-state index >= 15 is 0 Å². The van der Waals surface area contributed by atoms with Crippen LogP contribution in [-0.2, 0) is 6.54 Å². The summed E-state index contributed by atoms with van der Waals surface area (Å²) in [6.07, 6.45) is 2.42. The molecule has 0 amide bonds. The minimum Gasteiger partial charge on any atom is -0.308 e. The molecule has 0 spiro atoms. The maximum atomic E-state index is 3.76. The van der Waals surface area contributed by atoms with Crippen molar-refractivity contribution in [3.05, 3.63) is 35.4 Å². The van der Waals surface area contributed by atoms with Gasteiger partial charge in [-0.2, -0.15) is 0 Å².